The largest absolute Gasteiger partial charge is 0.302 e. The molecule has 0 heterocycles. The van der Waals surface area contributed by atoms with Gasteiger partial charge in [-0.15, -0.1) is 11.6 Å². The third kappa shape index (κ3) is 3.75. The molecular weight excluding hydrogens is 277 g/mol. The molecule has 1 aliphatic carbocycles. The van der Waals surface area contributed by atoms with Crippen LogP contribution in [0.3, 0.4) is 0 Å². The summed E-state index contributed by atoms with van der Waals surface area (Å²) in [6.45, 7) is 1.91. The van der Waals surface area contributed by atoms with E-state index in [1.807, 2.05) is 18.2 Å². The van der Waals surface area contributed by atoms with Crippen molar-refractivity contribution in [1.29, 1.82) is 0 Å². The lowest BCUT2D eigenvalue weighted by molar-refractivity contribution is 0.204. The summed E-state index contributed by atoms with van der Waals surface area (Å²) in [6, 6.07) is 5.61. The molecule has 1 saturated carbocycles. The number of alkyl halides is 1. The minimum atomic E-state index is 0.392. The van der Waals surface area contributed by atoms with E-state index in [0.717, 1.165) is 47.5 Å². The number of hydrogen-bond donors (Lipinski definition) is 0. The lowest BCUT2D eigenvalue weighted by Gasteiger charge is -2.34. The fourth-order valence-electron chi connectivity index (χ4n) is 2.26. The molecule has 0 aliphatic heterocycles. The van der Waals surface area contributed by atoms with Crippen LogP contribution in [0.4, 0.5) is 0 Å². The van der Waals surface area contributed by atoms with Gasteiger partial charge in [-0.3, -0.25) is 0 Å². The monoisotopic (exact) mass is 291 g/mol. The van der Waals surface area contributed by atoms with E-state index < -0.39 is 0 Å². The fraction of sp³-hybridized carbons (Fsp3) is 0.538. The van der Waals surface area contributed by atoms with Gasteiger partial charge < -0.3 is 4.90 Å². The van der Waals surface area contributed by atoms with Crippen LogP contribution in [0.1, 0.15) is 18.4 Å². The van der Waals surface area contributed by atoms with Crippen molar-refractivity contribution in [2.75, 3.05) is 13.6 Å². The lowest BCUT2D eigenvalue weighted by atomic mass is 9.84. The normalized spacial score (nSPS) is 23.8. The van der Waals surface area contributed by atoms with Crippen LogP contribution in [0.25, 0.3) is 0 Å². The molecular formula is C13H16Cl3N. The summed E-state index contributed by atoms with van der Waals surface area (Å²) in [4.78, 5) is 2.28. The van der Waals surface area contributed by atoms with E-state index in [1.54, 1.807) is 0 Å². The van der Waals surface area contributed by atoms with Crippen molar-refractivity contribution in [2.45, 2.75) is 24.8 Å². The highest BCUT2D eigenvalue weighted by atomic mass is 35.5. The maximum atomic E-state index is 6.14. The van der Waals surface area contributed by atoms with Gasteiger partial charge in [0.1, 0.15) is 0 Å². The first-order valence-corrected chi connectivity index (χ1v) is 7.00. The smallest absolute Gasteiger partial charge is 0.0452 e. The SMILES string of the molecule is CN(Cc1cc(Cl)ccc1Cl)CC1CC(Cl)C1. The fourth-order valence-corrected chi connectivity index (χ4v) is 3.14. The zero-order valence-electron chi connectivity index (χ0n) is 9.80. The Kier molecular flexibility index (Phi) is 4.59. The molecule has 1 aromatic carbocycles. The number of rotatable bonds is 4. The lowest BCUT2D eigenvalue weighted by Crippen LogP contribution is -2.34. The Morgan fingerprint density at radius 3 is 2.65 bits per heavy atom. The molecule has 0 spiro atoms. The molecule has 0 amide bonds. The van der Waals surface area contributed by atoms with Crippen LogP contribution in [0.2, 0.25) is 10.0 Å². The summed E-state index contributed by atoms with van der Waals surface area (Å²) in [5, 5.41) is 1.91. The third-order valence-electron chi connectivity index (χ3n) is 3.20. The first-order valence-electron chi connectivity index (χ1n) is 5.81. The topological polar surface area (TPSA) is 3.24 Å². The minimum absolute atomic E-state index is 0.392. The molecule has 0 bridgehead atoms. The molecule has 1 aromatic rings. The highest BCUT2D eigenvalue weighted by Crippen LogP contribution is 2.32. The van der Waals surface area contributed by atoms with Gasteiger partial charge >= 0.3 is 0 Å². The quantitative estimate of drug-likeness (QED) is 0.742. The Hall–Kier alpha value is 0.0500. The molecule has 94 valence electrons. The van der Waals surface area contributed by atoms with Crippen LogP contribution in [0.15, 0.2) is 18.2 Å². The molecule has 1 fully saturated rings. The van der Waals surface area contributed by atoms with Crippen LogP contribution in [0.5, 0.6) is 0 Å². The molecule has 1 nitrogen and oxygen atoms in total. The van der Waals surface area contributed by atoms with Crippen molar-refractivity contribution in [3.05, 3.63) is 33.8 Å². The van der Waals surface area contributed by atoms with Gasteiger partial charge in [0, 0.05) is 28.5 Å². The molecule has 0 radical (unpaired) electrons. The average molecular weight is 293 g/mol. The van der Waals surface area contributed by atoms with Gasteiger partial charge in [-0.2, -0.15) is 0 Å². The maximum Gasteiger partial charge on any atom is 0.0452 e. The maximum absolute atomic E-state index is 6.14. The molecule has 0 unspecified atom stereocenters. The van der Waals surface area contributed by atoms with Gasteiger partial charge in [0.25, 0.3) is 0 Å². The molecule has 0 aromatic heterocycles. The summed E-state index contributed by atoms with van der Waals surface area (Å²) >= 11 is 18.1. The van der Waals surface area contributed by atoms with Gasteiger partial charge in [-0.05, 0) is 49.6 Å². The van der Waals surface area contributed by atoms with Crippen molar-refractivity contribution < 1.29 is 0 Å². The Bertz CT molecular complexity index is 388. The van der Waals surface area contributed by atoms with E-state index in [-0.39, 0.29) is 0 Å². The van der Waals surface area contributed by atoms with E-state index >= 15 is 0 Å². The summed E-state index contributed by atoms with van der Waals surface area (Å²) in [7, 11) is 2.11. The summed E-state index contributed by atoms with van der Waals surface area (Å²) in [6.07, 6.45) is 2.27. The van der Waals surface area contributed by atoms with Gasteiger partial charge in [-0.25, -0.2) is 0 Å². The van der Waals surface area contributed by atoms with E-state index in [9.17, 15) is 0 Å². The first-order chi connectivity index (χ1) is 8.04. The van der Waals surface area contributed by atoms with E-state index in [1.165, 1.54) is 0 Å². The van der Waals surface area contributed by atoms with Gasteiger partial charge in [0.05, 0.1) is 0 Å². The molecule has 1 aliphatic rings. The van der Waals surface area contributed by atoms with Crippen molar-refractivity contribution in [3.63, 3.8) is 0 Å². The molecule has 0 atom stereocenters. The van der Waals surface area contributed by atoms with E-state index in [0.29, 0.717) is 5.38 Å². The third-order valence-corrected chi connectivity index (χ3v) is 4.16. The summed E-state index contributed by atoms with van der Waals surface area (Å²) < 4.78 is 0. The van der Waals surface area contributed by atoms with Gasteiger partial charge in [0.2, 0.25) is 0 Å². The second-order valence-electron chi connectivity index (χ2n) is 4.87. The molecule has 4 heteroatoms. The molecule has 0 saturated heterocycles. The Morgan fingerprint density at radius 2 is 2.00 bits per heavy atom. The Balaban J connectivity index is 1.89. The number of halogens is 3. The zero-order chi connectivity index (χ0) is 12.4. The van der Waals surface area contributed by atoms with Crippen molar-refractivity contribution in [3.8, 4) is 0 Å². The Morgan fingerprint density at radius 1 is 1.29 bits per heavy atom. The van der Waals surface area contributed by atoms with Crippen LogP contribution >= 0.6 is 34.8 Å². The second-order valence-corrected chi connectivity index (χ2v) is 6.33. The first kappa shape index (κ1) is 13.5. The van der Waals surface area contributed by atoms with Crippen LogP contribution in [-0.2, 0) is 6.54 Å². The summed E-state index contributed by atoms with van der Waals surface area (Å²) in [5.41, 5.74) is 1.09. The van der Waals surface area contributed by atoms with Gasteiger partial charge in [0.15, 0.2) is 0 Å². The standard InChI is InChI=1S/C13H16Cl3N/c1-17(7-9-4-12(15)5-9)8-10-6-11(14)2-3-13(10)16/h2-3,6,9,12H,4-5,7-8H2,1H3. The molecule has 17 heavy (non-hydrogen) atoms. The van der Waals surface area contributed by atoms with Crippen molar-refractivity contribution >= 4 is 34.8 Å². The molecule has 2 rings (SSSR count). The zero-order valence-corrected chi connectivity index (χ0v) is 12.1. The van der Waals surface area contributed by atoms with E-state index in [4.69, 9.17) is 34.8 Å². The predicted octanol–water partition coefficient (Wildman–Crippen LogP) is 4.44. The van der Waals surface area contributed by atoms with Crippen LogP contribution in [-0.4, -0.2) is 23.9 Å². The average Bonchev–Trinajstić information content (AvgIpc) is 2.21. The minimum Gasteiger partial charge on any atom is -0.302 e. The highest BCUT2D eigenvalue weighted by molar-refractivity contribution is 6.33. The number of benzene rings is 1. The number of nitrogens with zero attached hydrogens (tertiary/aromatic N) is 1. The highest BCUT2D eigenvalue weighted by Gasteiger charge is 2.27. The van der Waals surface area contributed by atoms with Crippen LogP contribution in [0, 0.1) is 5.92 Å². The van der Waals surface area contributed by atoms with Crippen LogP contribution < -0.4 is 0 Å². The predicted molar refractivity (Wildman–Crippen MR) is 75.2 cm³/mol. The van der Waals surface area contributed by atoms with E-state index in [2.05, 4.69) is 11.9 Å². The Labute approximate surface area is 118 Å². The molecule has 0 N–H and O–H groups in total. The van der Waals surface area contributed by atoms with Crippen molar-refractivity contribution in [1.82, 2.24) is 4.90 Å². The second kappa shape index (κ2) is 5.79. The summed E-state index contributed by atoms with van der Waals surface area (Å²) in [5.74, 6) is 0.737. The van der Waals surface area contributed by atoms with Crippen molar-refractivity contribution in [2.24, 2.45) is 5.92 Å². The van der Waals surface area contributed by atoms with Gasteiger partial charge in [-0.1, -0.05) is 23.2 Å². The number of hydrogen-bond acceptors (Lipinski definition) is 1.